The molecular weight excluding hydrogens is 224 g/mol. The number of benzene rings is 1. The first-order valence-corrected chi connectivity index (χ1v) is 6.73. The Balaban J connectivity index is 1.88. The van der Waals surface area contributed by atoms with Crippen LogP contribution in [0.25, 0.3) is 0 Å². The smallest absolute Gasteiger partial charge is 0.223 e. The lowest BCUT2D eigenvalue weighted by Gasteiger charge is -2.19. The minimum atomic E-state index is 0.266. The Morgan fingerprint density at radius 3 is 2.78 bits per heavy atom. The fraction of sp³-hybridized carbons (Fsp3) is 0.533. The Morgan fingerprint density at radius 1 is 1.44 bits per heavy atom. The molecule has 1 aromatic carbocycles. The second kappa shape index (κ2) is 6.01. The van der Waals surface area contributed by atoms with E-state index in [0.29, 0.717) is 18.9 Å². The lowest BCUT2D eigenvalue weighted by atomic mass is 9.97. The second-order valence-corrected chi connectivity index (χ2v) is 5.25. The van der Waals surface area contributed by atoms with E-state index in [9.17, 15) is 4.79 Å². The number of rotatable bonds is 4. The van der Waals surface area contributed by atoms with Gasteiger partial charge in [0.25, 0.3) is 0 Å². The van der Waals surface area contributed by atoms with Gasteiger partial charge in [-0.05, 0) is 30.4 Å². The van der Waals surface area contributed by atoms with Crippen LogP contribution in [-0.2, 0) is 4.79 Å². The molecule has 1 aromatic rings. The number of nitrogens with two attached hydrogens (primary N) is 1. The van der Waals surface area contributed by atoms with Gasteiger partial charge in [-0.15, -0.1) is 0 Å². The quantitative estimate of drug-likeness (QED) is 0.883. The van der Waals surface area contributed by atoms with Crippen molar-refractivity contribution in [2.24, 2.45) is 11.7 Å². The molecule has 1 aliphatic rings. The zero-order valence-electron chi connectivity index (χ0n) is 11.0. The van der Waals surface area contributed by atoms with Crippen LogP contribution < -0.4 is 5.73 Å². The number of nitrogens with zero attached hydrogens (tertiary/aromatic N) is 1. The zero-order chi connectivity index (χ0) is 13.0. The van der Waals surface area contributed by atoms with E-state index in [1.807, 2.05) is 23.1 Å². The van der Waals surface area contributed by atoms with Gasteiger partial charge in [-0.2, -0.15) is 0 Å². The first-order chi connectivity index (χ1) is 8.70. The van der Waals surface area contributed by atoms with Crippen molar-refractivity contribution in [3.8, 4) is 0 Å². The summed E-state index contributed by atoms with van der Waals surface area (Å²) in [6.07, 6.45) is 1.66. The summed E-state index contributed by atoms with van der Waals surface area (Å²) in [5.41, 5.74) is 6.89. The van der Waals surface area contributed by atoms with Crippen molar-refractivity contribution in [3.63, 3.8) is 0 Å². The van der Waals surface area contributed by atoms with Crippen LogP contribution in [0.4, 0.5) is 0 Å². The average molecular weight is 246 g/mol. The van der Waals surface area contributed by atoms with Gasteiger partial charge in [-0.3, -0.25) is 4.79 Å². The van der Waals surface area contributed by atoms with Gasteiger partial charge in [0.15, 0.2) is 0 Å². The molecule has 2 N–H and O–H groups in total. The second-order valence-electron chi connectivity index (χ2n) is 5.25. The van der Waals surface area contributed by atoms with Gasteiger partial charge < -0.3 is 10.6 Å². The van der Waals surface area contributed by atoms with Crippen molar-refractivity contribution in [2.75, 3.05) is 19.6 Å². The van der Waals surface area contributed by atoms with Crippen molar-refractivity contribution in [2.45, 2.75) is 25.7 Å². The topological polar surface area (TPSA) is 46.3 Å². The minimum absolute atomic E-state index is 0.266. The Hall–Kier alpha value is -1.35. The van der Waals surface area contributed by atoms with E-state index >= 15 is 0 Å². The molecule has 2 unspecified atom stereocenters. The summed E-state index contributed by atoms with van der Waals surface area (Å²) in [6, 6.07) is 10.2. The van der Waals surface area contributed by atoms with E-state index in [-0.39, 0.29) is 11.8 Å². The summed E-state index contributed by atoms with van der Waals surface area (Å²) >= 11 is 0. The Kier molecular flexibility index (Phi) is 4.37. The molecule has 1 aliphatic heterocycles. The van der Waals surface area contributed by atoms with E-state index < -0.39 is 0 Å². The van der Waals surface area contributed by atoms with Gasteiger partial charge in [0.1, 0.15) is 0 Å². The fourth-order valence-corrected chi connectivity index (χ4v) is 2.54. The molecule has 1 amide bonds. The van der Waals surface area contributed by atoms with E-state index in [4.69, 9.17) is 5.73 Å². The largest absolute Gasteiger partial charge is 0.342 e. The summed E-state index contributed by atoms with van der Waals surface area (Å²) in [5.74, 6) is 1.05. The molecule has 2 rings (SSSR count). The SMILES string of the molecule is CC(CC(=O)N1CCC(CN)C1)c1ccccc1. The highest BCUT2D eigenvalue weighted by Crippen LogP contribution is 2.22. The van der Waals surface area contributed by atoms with Gasteiger partial charge in [-0.25, -0.2) is 0 Å². The summed E-state index contributed by atoms with van der Waals surface area (Å²) in [6.45, 7) is 4.53. The standard InChI is InChI=1S/C15H22N2O/c1-12(14-5-3-2-4-6-14)9-15(18)17-8-7-13(10-16)11-17/h2-6,12-13H,7-11,16H2,1H3. The maximum Gasteiger partial charge on any atom is 0.223 e. The van der Waals surface area contributed by atoms with Crippen molar-refractivity contribution >= 4 is 5.91 Å². The predicted octanol–water partition coefficient (Wildman–Crippen LogP) is 1.99. The molecule has 1 fully saturated rings. The van der Waals surface area contributed by atoms with Crippen LogP contribution in [0.3, 0.4) is 0 Å². The van der Waals surface area contributed by atoms with Gasteiger partial charge in [0, 0.05) is 19.5 Å². The highest BCUT2D eigenvalue weighted by Gasteiger charge is 2.26. The summed E-state index contributed by atoms with van der Waals surface area (Å²) < 4.78 is 0. The lowest BCUT2D eigenvalue weighted by Crippen LogP contribution is -2.30. The first-order valence-electron chi connectivity index (χ1n) is 6.73. The third-order valence-corrected chi connectivity index (χ3v) is 3.82. The summed E-state index contributed by atoms with van der Waals surface area (Å²) in [7, 11) is 0. The van der Waals surface area contributed by atoms with E-state index in [1.54, 1.807) is 0 Å². The number of amides is 1. The molecule has 1 saturated heterocycles. The molecule has 0 bridgehead atoms. The van der Waals surface area contributed by atoms with Gasteiger partial charge in [-0.1, -0.05) is 37.3 Å². The monoisotopic (exact) mass is 246 g/mol. The highest BCUT2D eigenvalue weighted by molar-refractivity contribution is 5.77. The fourth-order valence-electron chi connectivity index (χ4n) is 2.54. The summed E-state index contributed by atoms with van der Waals surface area (Å²) in [5, 5.41) is 0. The van der Waals surface area contributed by atoms with E-state index in [1.165, 1.54) is 5.56 Å². The minimum Gasteiger partial charge on any atom is -0.342 e. The summed E-state index contributed by atoms with van der Waals surface area (Å²) in [4.78, 5) is 14.1. The van der Waals surface area contributed by atoms with Crippen LogP contribution in [0.5, 0.6) is 0 Å². The maximum absolute atomic E-state index is 12.2. The predicted molar refractivity (Wildman–Crippen MR) is 73.2 cm³/mol. The van der Waals surface area contributed by atoms with Crippen LogP contribution in [0.2, 0.25) is 0 Å². The van der Waals surface area contributed by atoms with Crippen molar-refractivity contribution in [1.29, 1.82) is 0 Å². The van der Waals surface area contributed by atoms with Crippen LogP contribution in [-0.4, -0.2) is 30.4 Å². The van der Waals surface area contributed by atoms with Gasteiger partial charge >= 0.3 is 0 Å². The molecule has 1 heterocycles. The number of hydrogen-bond acceptors (Lipinski definition) is 2. The normalized spacial score (nSPS) is 21.0. The van der Waals surface area contributed by atoms with Crippen LogP contribution in [0.1, 0.15) is 31.2 Å². The molecule has 98 valence electrons. The van der Waals surface area contributed by atoms with Crippen LogP contribution in [0, 0.1) is 5.92 Å². The van der Waals surface area contributed by atoms with Crippen LogP contribution in [0.15, 0.2) is 30.3 Å². The number of hydrogen-bond donors (Lipinski definition) is 1. The third kappa shape index (κ3) is 3.10. The lowest BCUT2D eigenvalue weighted by molar-refractivity contribution is -0.130. The van der Waals surface area contributed by atoms with Crippen LogP contribution >= 0.6 is 0 Å². The molecule has 0 aliphatic carbocycles. The molecular formula is C15H22N2O. The average Bonchev–Trinajstić information content (AvgIpc) is 2.88. The Labute approximate surface area is 109 Å². The number of likely N-dealkylation sites (tertiary alicyclic amines) is 1. The van der Waals surface area contributed by atoms with Crippen molar-refractivity contribution in [3.05, 3.63) is 35.9 Å². The molecule has 0 saturated carbocycles. The molecule has 3 heteroatoms. The molecule has 0 radical (unpaired) electrons. The van der Waals surface area contributed by atoms with Gasteiger partial charge in [0.05, 0.1) is 0 Å². The first kappa shape index (κ1) is 13.1. The van der Waals surface area contributed by atoms with Crippen molar-refractivity contribution < 1.29 is 4.79 Å². The van der Waals surface area contributed by atoms with E-state index in [0.717, 1.165) is 19.5 Å². The molecule has 0 aromatic heterocycles. The maximum atomic E-state index is 12.2. The molecule has 2 atom stereocenters. The third-order valence-electron chi connectivity index (χ3n) is 3.82. The Morgan fingerprint density at radius 2 is 2.17 bits per heavy atom. The van der Waals surface area contributed by atoms with Crippen molar-refractivity contribution in [1.82, 2.24) is 4.90 Å². The molecule has 3 nitrogen and oxygen atoms in total. The Bertz CT molecular complexity index is 391. The highest BCUT2D eigenvalue weighted by atomic mass is 16.2. The number of carbonyl (C=O) groups excluding carboxylic acids is 1. The molecule has 18 heavy (non-hydrogen) atoms. The zero-order valence-corrected chi connectivity index (χ0v) is 11.0. The number of carbonyl (C=O) groups is 1. The molecule has 0 spiro atoms. The van der Waals surface area contributed by atoms with Gasteiger partial charge in [0.2, 0.25) is 5.91 Å². The van der Waals surface area contributed by atoms with E-state index in [2.05, 4.69) is 19.1 Å².